The van der Waals surface area contributed by atoms with Gasteiger partial charge in [-0.25, -0.2) is 4.79 Å². The summed E-state index contributed by atoms with van der Waals surface area (Å²) in [5.41, 5.74) is 15.3. The van der Waals surface area contributed by atoms with E-state index < -0.39 is 59.4 Å². The number of benzene rings is 3. The molecule has 4 atom stereocenters. The molecule has 3 aromatic carbocycles. The van der Waals surface area contributed by atoms with E-state index in [4.69, 9.17) is 16.6 Å². The summed E-state index contributed by atoms with van der Waals surface area (Å²) in [5.74, 6) is -6.20. The van der Waals surface area contributed by atoms with E-state index in [1.165, 1.54) is 5.56 Å². The van der Waals surface area contributed by atoms with Gasteiger partial charge in [-0.2, -0.15) is 0 Å². The quantitative estimate of drug-likeness (QED) is 0.0479. The number of Topliss-reactive ketones (excluding diaryl/α,β-unsaturated/α-hetero) is 1. The van der Waals surface area contributed by atoms with Crippen LogP contribution in [0.4, 0.5) is 5.69 Å². The molecule has 0 saturated carbocycles. The maximum Gasteiger partial charge on any atom is 0.326 e. The van der Waals surface area contributed by atoms with Crippen LogP contribution < -0.4 is 32.3 Å². The number of rotatable bonds is 25. The second-order valence-corrected chi connectivity index (χ2v) is 14.8. The van der Waals surface area contributed by atoms with Crippen molar-refractivity contribution < 1.29 is 43.8 Å². The van der Waals surface area contributed by atoms with E-state index in [-0.39, 0.29) is 64.1 Å². The van der Waals surface area contributed by atoms with Crippen molar-refractivity contribution >= 4 is 57.8 Å². The number of hydrogen-bond acceptors (Lipinski definition) is 11. The monoisotopic (exact) mass is 801 g/mol. The Morgan fingerprint density at radius 3 is 2.19 bits per heavy atom. The number of carbonyl (C=O) groups excluding carboxylic acids is 5. The third-order valence-corrected chi connectivity index (χ3v) is 10.2. The fraction of sp³-hybridized carbons (Fsp3) is 0.452. The zero-order chi connectivity index (χ0) is 42.4. The molecular formula is C42H55N7O9. The van der Waals surface area contributed by atoms with Crippen LogP contribution in [0.1, 0.15) is 77.6 Å². The summed E-state index contributed by atoms with van der Waals surface area (Å²) < 4.78 is 0. The van der Waals surface area contributed by atoms with Gasteiger partial charge in [0.2, 0.25) is 11.8 Å². The minimum absolute atomic E-state index is 0.0281. The number of ketones is 1. The van der Waals surface area contributed by atoms with Crippen molar-refractivity contribution in [3.8, 4) is 0 Å². The van der Waals surface area contributed by atoms with E-state index in [1.54, 1.807) is 24.3 Å². The van der Waals surface area contributed by atoms with E-state index in [0.29, 0.717) is 29.6 Å². The summed E-state index contributed by atoms with van der Waals surface area (Å²) in [6.07, 6.45) is 0.867. The first-order valence-corrected chi connectivity index (χ1v) is 19.6. The Labute approximate surface area is 337 Å². The Kier molecular flexibility index (Phi) is 16.8. The van der Waals surface area contributed by atoms with Gasteiger partial charge >= 0.3 is 11.9 Å². The predicted molar refractivity (Wildman–Crippen MR) is 218 cm³/mol. The molecule has 16 heteroatoms. The Bertz CT molecular complexity index is 1930. The van der Waals surface area contributed by atoms with Crippen molar-refractivity contribution in [1.29, 1.82) is 0 Å². The van der Waals surface area contributed by atoms with Gasteiger partial charge in [0.25, 0.3) is 11.8 Å². The van der Waals surface area contributed by atoms with Crippen molar-refractivity contribution in [2.75, 3.05) is 45.2 Å². The van der Waals surface area contributed by atoms with Gasteiger partial charge in [-0.15, -0.1) is 0 Å². The molecule has 0 radical (unpaired) electrons. The number of aryl methyl sites for hydroxylation is 1. The van der Waals surface area contributed by atoms with Gasteiger partial charge in [-0.05, 0) is 68.8 Å². The van der Waals surface area contributed by atoms with E-state index in [0.717, 1.165) is 28.8 Å². The van der Waals surface area contributed by atoms with E-state index in [9.17, 15) is 38.7 Å². The second-order valence-electron chi connectivity index (χ2n) is 14.8. The number of carboxylic acids is 2. The van der Waals surface area contributed by atoms with Crippen molar-refractivity contribution in [3.05, 3.63) is 77.4 Å². The average molecular weight is 802 g/mol. The molecule has 1 aliphatic rings. The number of carboxylic acid groups (broad SMARTS) is 2. The highest BCUT2D eigenvalue weighted by Crippen LogP contribution is 2.35. The molecule has 4 rings (SSSR count). The zero-order valence-corrected chi connectivity index (χ0v) is 33.1. The fourth-order valence-corrected chi connectivity index (χ4v) is 6.94. The van der Waals surface area contributed by atoms with E-state index in [1.807, 2.05) is 55.4 Å². The van der Waals surface area contributed by atoms with Crippen LogP contribution in [0.25, 0.3) is 10.8 Å². The number of amides is 4. The summed E-state index contributed by atoms with van der Waals surface area (Å²) in [6, 6.07) is 16.3. The lowest BCUT2D eigenvalue weighted by molar-refractivity contribution is -0.142. The van der Waals surface area contributed by atoms with Crippen LogP contribution in [0.15, 0.2) is 60.7 Å². The first-order valence-electron chi connectivity index (χ1n) is 19.6. The molecular weight excluding hydrogens is 747 g/mol. The largest absolute Gasteiger partial charge is 0.481 e. The maximum absolute atomic E-state index is 13.8. The minimum atomic E-state index is -1.37. The number of carbonyl (C=O) groups is 7. The second kappa shape index (κ2) is 21.7. The highest BCUT2D eigenvalue weighted by atomic mass is 16.4. The maximum atomic E-state index is 13.8. The van der Waals surface area contributed by atoms with Crippen molar-refractivity contribution in [2.24, 2.45) is 17.4 Å². The molecule has 4 amide bonds. The molecule has 3 aromatic rings. The lowest BCUT2D eigenvalue weighted by Crippen LogP contribution is -2.45. The van der Waals surface area contributed by atoms with Gasteiger partial charge < -0.3 is 42.5 Å². The normalized spacial score (nSPS) is 14.4. The average Bonchev–Trinajstić information content (AvgIpc) is 3.19. The lowest BCUT2D eigenvalue weighted by Gasteiger charge is -2.29. The van der Waals surface area contributed by atoms with Gasteiger partial charge in [0, 0.05) is 92.5 Å². The SMILES string of the molecule is CN(C)c1ccc2c3c(cccc13)C(=O)N(CC[C@@H](CC(=O)[C@@H](N)CCNC[C@@H](N)CCc1ccccc1)C(=O)NCC[C@@H](NC(=O)CCCC(=O)O)C(=O)O)C2=O. The van der Waals surface area contributed by atoms with Gasteiger partial charge in [0.1, 0.15) is 11.8 Å². The summed E-state index contributed by atoms with van der Waals surface area (Å²) >= 11 is 0. The molecule has 312 valence electrons. The Balaban J connectivity index is 1.39. The van der Waals surface area contributed by atoms with Crippen LogP contribution in [0.2, 0.25) is 0 Å². The molecule has 0 saturated heterocycles. The van der Waals surface area contributed by atoms with Crippen LogP contribution >= 0.6 is 0 Å². The smallest absolute Gasteiger partial charge is 0.326 e. The van der Waals surface area contributed by atoms with Crippen LogP contribution in [-0.2, 0) is 30.4 Å². The van der Waals surface area contributed by atoms with Gasteiger partial charge in [0.05, 0.1) is 6.04 Å². The fourth-order valence-electron chi connectivity index (χ4n) is 6.94. The highest BCUT2D eigenvalue weighted by Gasteiger charge is 2.35. The molecule has 58 heavy (non-hydrogen) atoms. The number of nitrogens with one attached hydrogen (secondary N) is 3. The number of hydrogen-bond donors (Lipinski definition) is 7. The van der Waals surface area contributed by atoms with Crippen molar-refractivity contribution in [1.82, 2.24) is 20.9 Å². The number of imide groups is 1. The number of anilines is 1. The summed E-state index contributed by atoms with van der Waals surface area (Å²) in [4.78, 5) is 92.5. The van der Waals surface area contributed by atoms with Crippen molar-refractivity contribution in [3.63, 3.8) is 0 Å². The molecule has 9 N–H and O–H groups in total. The predicted octanol–water partition coefficient (Wildman–Crippen LogP) is 2.07. The number of aliphatic carboxylic acids is 2. The van der Waals surface area contributed by atoms with Crippen LogP contribution in [0, 0.1) is 5.92 Å². The highest BCUT2D eigenvalue weighted by molar-refractivity contribution is 6.26. The Morgan fingerprint density at radius 2 is 1.52 bits per heavy atom. The Morgan fingerprint density at radius 1 is 0.810 bits per heavy atom. The number of nitrogens with two attached hydrogens (primary N) is 2. The minimum Gasteiger partial charge on any atom is -0.481 e. The zero-order valence-electron chi connectivity index (χ0n) is 33.1. The molecule has 0 fully saturated rings. The summed E-state index contributed by atoms with van der Waals surface area (Å²) in [7, 11) is 3.73. The topological polar surface area (TPSA) is 255 Å². The third kappa shape index (κ3) is 12.6. The van der Waals surface area contributed by atoms with Crippen LogP contribution in [0.5, 0.6) is 0 Å². The number of nitrogens with zero attached hydrogens (tertiary/aromatic N) is 2. The van der Waals surface area contributed by atoms with Gasteiger partial charge in [0.15, 0.2) is 0 Å². The molecule has 1 heterocycles. The third-order valence-electron chi connectivity index (χ3n) is 10.2. The van der Waals surface area contributed by atoms with Crippen LogP contribution in [-0.4, -0.2) is 115 Å². The van der Waals surface area contributed by atoms with Crippen LogP contribution in [0.3, 0.4) is 0 Å². The molecule has 16 nitrogen and oxygen atoms in total. The molecule has 0 aromatic heterocycles. The summed E-state index contributed by atoms with van der Waals surface area (Å²) in [5, 5.41) is 28.0. The van der Waals surface area contributed by atoms with E-state index in [2.05, 4.69) is 16.0 Å². The van der Waals surface area contributed by atoms with E-state index >= 15 is 0 Å². The molecule has 1 aliphatic heterocycles. The molecule has 0 unspecified atom stereocenters. The summed E-state index contributed by atoms with van der Waals surface area (Å²) in [6.45, 7) is 0.542. The molecule has 0 bridgehead atoms. The lowest BCUT2D eigenvalue weighted by atomic mass is 9.91. The van der Waals surface area contributed by atoms with Gasteiger partial charge in [-0.3, -0.25) is 33.7 Å². The molecule has 0 spiro atoms. The first kappa shape index (κ1) is 45.0. The Hall–Kier alpha value is -5.71. The molecule has 0 aliphatic carbocycles. The van der Waals surface area contributed by atoms with Gasteiger partial charge in [-0.1, -0.05) is 42.5 Å². The van der Waals surface area contributed by atoms with Crippen molar-refractivity contribution in [2.45, 2.75) is 75.9 Å². The first-order chi connectivity index (χ1) is 27.7. The standard InChI is InChI=1S/C42H55N7O9/c1-48(2)34-17-16-31-38-29(34)10-6-11-30(38)40(55)49(41(31)56)23-20-27(39(54)46-22-19-33(42(57)58)47-36(51)12-7-13-37(52)53)24-35(50)32(44)18-21-45-25-28(43)15-14-26-8-4-3-5-9-26/h3-6,8-11,16-17,27-28,32-33,45H,7,12-15,18-25,43-44H2,1-2H3,(H,46,54)(H,47,51)(H,52,53)(H,57,58)/t27-,28-,32-,33+/m0/s1.